The van der Waals surface area contributed by atoms with Gasteiger partial charge in [0.1, 0.15) is 0 Å². The van der Waals surface area contributed by atoms with E-state index in [1.54, 1.807) is 0 Å². The lowest BCUT2D eigenvalue weighted by molar-refractivity contribution is 0.563. The summed E-state index contributed by atoms with van der Waals surface area (Å²) >= 11 is 0. The first-order valence-electron chi connectivity index (χ1n) is 20.4. The standard InChI is InChI=1S/C55H38N4/c1-54(2)45-24-12-13-25-46(45)55(43-22-10-6-18-39(43)40-19-7-11-23-44(40)55)47-33-30-37(34-48(47)54)53-57-51(35-16-4-3-5-17-35)56-52(58-53)36-28-31-38(32-29-36)59-49-26-14-8-20-41(49)42-21-9-15-27-50(42)59/h3-34H,1-2H3. The lowest BCUT2D eigenvalue weighted by Gasteiger charge is -2.46. The summed E-state index contributed by atoms with van der Waals surface area (Å²) in [6, 6.07) is 70.0. The highest BCUT2D eigenvalue weighted by atomic mass is 15.0. The molecule has 0 amide bonds. The number of aromatic nitrogens is 4. The predicted octanol–water partition coefficient (Wildman–Crippen LogP) is 13.0. The summed E-state index contributed by atoms with van der Waals surface area (Å²) < 4.78 is 2.34. The van der Waals surface area contributed by atoms with E-state index in [1.807, 2.05) is 18.2 Å². The minimum atomic E-state index is -0.454. The van der Waals surface area contributed by atoms with Gasteiger partial charge in [0, 0.05) is 38.6 Å². The van der Waals surface area contributed by atoms with Gasteiger partial charge in [0.25, 0.3) is 0 Å². The van der Waals surface area contributed by atoms with Crippen molar-refractivity contribution in [3.8, 4) is 51.0 Å². The Balaban J connectivity index is 1.04. The second-order valence-corrected chi connectivity index (χ2v) is 16.4. The van der Waals surface area contributed by atoms with Gasteiger partial charge < -0.3 is 4.57 Å². The molecular formula is C55H38N4. The molecule has 0 fully saturated rings. The van der Waals surface area contributed by atoms with Gasteiger partial charge in [0.15, 0.2) is 17.5 Å². The van der Waals surface area contributed by atoms with Crippen LogP contribution in [0.2, 0.25) is 0 Å². The van der Waals surface area contributed by atoms with E-state index in [4.69, 9.17) is 15.0 Å². The Morgan fingerprint density at radius 3 is 1.41 bits per heavy atom. The highest BCUT2D eigenvalue weighted by Gasteiger charge is 2.53. The minimum absolute atomic E-state index is 0.291. The average Bonchev–Trinajstić information content (AvgIpc) is 3.79. The molecule has 2 aliphatic carbocycles. The van der Waals surface area contributed by atoms with Crippen LogP contribution in [-0.2, 0) is 10.8 Å². The van der Waals surface area contributed by atoms with E-state index in [0.717, 1.165) is 22.4 Å². The average molecular weight is 755 g/mol. The number of para-hydroxylation sites is 2. The number of benzene rings is 8. The van der Waals surface area contributed by atoms with E-state index in [1.165, 1.54) is 66.3 Å². The largest absolute Gasteiger partial charge is 0.309 e. The Hall–Kier alpha value is -7.43. The summed E-state index contributed by atoms with van der Waals surface area (Å²) in [4.78, 5) is 15.6. The number of hydrogen-bond donors (Lipinski definition) is 0. The molecule has 4 heteroatoms. The molecule has 8 aromatic carbocycles. The molecule has 0 bridgehead atoms. The zero-order valence-corrected chi connectivity index (χ0v) is 32.8. The van der Waals surface area contributed by atoms with Gasteiger partial charge in [-0.15, -0.1) is 0 Å². The molecule has 59 heavy (non-hydrogen) atoms. The van der Waals surface area contributed by atoms with Crippen molar-refractivity contribution in [1.82, 2.24) is 19.5 Å². The van der Waals surface area contributed by atoms with Gasteiger partial charge in [-0.2, -0.15) is 0 Å². The third-order valence-corrected chi connectivity index (χ3v) is 12.9. The van der Waals surface area contributed by atoms with Gasteiger partial charge in [-0.05, 0) is 87.0 Å². The normalized spacial score (nSPS) is 14.2. The summed E-state index contributed by atoms with van der Waals surface area (Å²) in [6.07, 6.45) is 0. The summed E-state index contributed by atoms with van der Waals surface area (Å²) in [6.45, 7) is 4.72. The Morgan fingerprint density at radius 2 is 0.797 bits per heavy atom. The van der Waals surface area contributed by atoms with Gasteiger partial charge >= 0.3 is 0 Å². The summed E-state index contributed by atoms with van der Waals surface area (Å²) in [5.74, 6) is 1.94. The van der Waals surface area contributed by atoms with Crippen molar-refractivity contribution in [2.75, 3.05) is 0 Å². The lowest BCUT2D eigenvalue weighted by atomic mass is 9.55. The second-order valence-electron chi connectivity index (χ2n) is 16.4. The summed E-state index contributed by atoms with van der Waals surface area (Å²) in [7, 11) is 0. The molecule has 0 unspecified atom stereocenters. The fourth-order valence-electron chi connectivity index (χ4n) is 10.3. The van der Waals surface area contributed by atoms with Crippen molar-refractivity contribution in [3.05, 3.63) is 228 Å². The smallest absolute Gasteiger partial charge is 0.164 e. The molecule has 0 aliphatic heterocycles. The molecule has 2 aromatic heterocycles. The molecule has 1 spiro atoms. The third kappa shape index (κ3) is 4.74. The molecular weight excluding hydrogens is 717 g/mol. The Bertz CT molecular complexity index is 3200. The van der Waals surface area contributed by atoms with Crippen LogP contribution in [0.1, 0.15) is 47.2 Å². The Kier molecular flexibility index (Phi) is 7.16. The van der Waals surface area contributed by atoms with Crippen molar-refractivity contribution in [2.24, 2.45) is 0 Å². The van der Waals surface area contributed by atoms with Crippen LogP contribution >= 0.6 is 0 Å². The number of fused-ring (bicyclic) bond motifs is 12. The molecule has 10 aromatic rings. The van der Waals surface area contributed by atoms with Crippen LogP contribution in [0.5, 0.6) is 0 Å². The van der Waals surface area contributed by atoms with Crippen LogP contribution in [-0.4, -0.2) is 19.5 Å². The Morgan fingerprint density at radius 1 is 0.356 bits per heavy atom. The maximum Gasteiger partial charge on any atom is 0.164 e. The van der Waals surface area contributed by atoms with Crippen LogP contribution in [0.15, 0.2) is 194 Å². The van der Waals surface area contributed by atoms with E-state index >= 15 is 0 Å². The Labute approximate surface area is 343 Å². The van der Waals surface area contributed by atoms with Crippen LogP contribution in [0, 0.1) is 0 Å². The predicted molar refractivity (Wildman–Crippen MR) is 240 cm³/mol. The molecule has 0 N–H and O–H groups in total. The van der Waals surface area contributed by atoms with Crippen molar-refractivity contribution in [3.63, 3.8) is 0 Å². The molecule has 0 saturated heterocycles. The van der Waals surface area contributed by atoms with E-state index in [2.05, 4.69) is 194 Å². The van der Waals surface area contributed by atoms with Gasteiger partial charge in [-0.25, -0.2) is 15.0 Å². The number of rotatable bonds is 4. The highest BCUT2D eigenvalue weighted by molar-refractivity contribution is 6.09. The fraction of sp³-hybridized carbons (Fsp3) is 0.0727. The first-order valence-corrected chi connectivity index (χ1v) is 20.4. The molecule has 4 nitrogen and oxygen atoms in total. The maximum atomic E-state index is 5.26. The van der Waals surface area contributed by atoms with Crippen molar-refractivity contribution in [2.45, 2.75) is 24.7 Å². The maximum absolute atomic E-state index is 5.26. The third-order valence-electron chi connectivity index (χ3n) is 12.9. The molecule has 0 saturated carbocycles. The summed E-state index contributed by atoms with van der Waals surface area (Å²) in [5.41, 5.74) is 16.1. The zero-order chi connectivity index (χ0) is 39.3. The fourth-order valence-corrected chi connectivity index (χ4v) is 10.3. The van der Waals surface area contributed by atoms with Crippen molar-refractivity contribution < 1.29 is 0 Å². The molecule has 0 radical (unpaired) electrons. The van der Waals surface area contributed by atoms with Gasteiger partial charge in [-0.1, -0.05) is 166 Å². The number of nitrogens with zero attached hydrogens (tertiary/aromatic N) is 4. The van der Waals surface area contributed by atoms with Crippen molar-refractivity contribution >= 4 is 21.8 Å². The van der Waals surface area contributed by atoms with Crippen LogP contribution < -0.4 is 0 Å². The van der Waals surface area contributed by atoms with Gasteiger partial charge in [0.2, 0.25) is 0 Å². The van der Waals surface area contributed by atoms with Crippen LogP contribution in [0.25, 0.3) is 72.8 Å². The quantitative estimate of drug-likeness (QED) is 0.180. The second kappa shape index (κ2) is 12.5. The summed E-state index contributed by atoms with van der Waals surface area (Å²) in [5, 5.41) is 2.48. The first-order chi connectivity index (χ1) is 29.0. The SMILES string of the molecule is CC1(C)c2ccccc2C2(c3ccccc3-c3ccccc32)c2ccc(-c3nc(-c4ccccc4)nc(-c4ccc(-n5c6ccccc6c6ccccc65)cc4)n3)cc21. The first kappa shape index (κ1) is 33.7. The monoisotopic (exact) mass is 754 g/mol. The molecule has 2 aliphatic rings. The van der Waals surface area contributed by atoms with Crippen LogP contribution in [0.4, 0.5) is 0 Å². The van der Waals surface area contributed by atoms with E-state index in [-0.39, 0.29) is 5.41 Å². The van der Waals surface area contributed by atoms with Gasteiger partial charge in [-0.3, -0.25) is 0 Å². The number of hydrogen-bond acceptors (Lipinski definition) is 3. The molecule has 12 rings (SSSR count). The van der Waals surface area contributed by atoms with E-state index in [9.17, 15) is 0 Å². The molecule has 2 heterocycles. The zero-order valence-electron chi connectivity index (χ0n) is 32.8. The van der Waals surface area contributed by atoms with Crippen molar-refractivity contribution in [1.29, 1.82) is 0 Å². The van der Waals surface area contributed by atoms with Crippen LogP contribution in [0.3, 0.4) is 0 Å². The van der Waals surface area contributed by atoms with E-state index < -0.39 is 5.41 Å². The molecule has 0 atom stereocenters. The minimum Gasteiger partial charge on any atom is -0.309 e. The highest BCUT2D eigenvalue weighted by Crippen LogP contribution is 2.62. The van der Waals surface area contributed by atoms with E-state index in [0.29, 0.717) is 17.5 Å². The molecule has 278 valence electrons. The lowest BCUT2D eigenvalue weighted by Crippen LogP contribution is -2.40. The topological polar surface area (TPSA) is 43.6 Å². The van der Waals surface area contributed by atoms with Gasteiger partial charge in [0.05, 0.1) is 16.4 Å².